The van der Waals surface area contributed by atoms with Gasteiger partial charge in [-0.05, 0) is 12.0 Å². The van der Waals surface area contributed by atoms with Crippen LogP contribution in [0.1, 0.15) is 6.92 Å². The van der Waals surface area contributed by atoms with E-state index in [-0.39, 0.29) is 0 Å². The van der Waals surface area contributed by atoms with E-state index in [0.717, 1.165) is 11.5 Å². The molecule has 0 unspecified atom stereocenters. The van der Waals surface area contributed by atoms with Crippen molar-refractivity contribution in [2.24, 2.45) is 0 Å². The van der Waals surface area contributed by atoms with Gasteiger partial charge >= 0.3 is 0 Å². The van der Waals surface area contributed by atoms with Crippen LogP contribution in [0, 0.1) is 0 Å². The van der Waals surface area contributed by atoms with E-state index in [1.165, 1.54) is 11.3 Å². The third-order valence-corrected chi connectivity index (χ3v) is 2.58. The first-order chi connectivity index (χ1) is 4.31. The maximum atomic E-state index is 3.94. The zero-order valence-electron chi connectivity index (χ0n) is 6.14. The van der Waals surface area contributed by atoms with Crippen LogP contribution < -0.4 is 0 Å². The van der Waals surface area contributed by atoms with Gasteiger partial charge in [0, 0.05) is 11.5 Å². The average Bonchev–Trinajstić information content (AvgIpc) is 1.85. The van der Waals surface area contributed by atoms with Gasteiger partial charge in [-0.2, -0.15) is 23.5 Å². The summed E-state index contributed by atoms with van der Waals surface area (Å²) in [5.74, 6) is 3.46. The van der Waals surface area contributed by atoms with Crippen molar-refractivity contribution in [3.05, 3.63) is 12.2 Å². The van der Waals surface area contributed by atoms with Crippen LogP contribution in [0.4, 0.5) is 0 Å². The van der Waals surface area contributed by atoms with Gasteiger partial charge in [0.25, 0.3) is 0 Å². The Balaban J connectivity index is 3.06. The Morgan fingerprint density at radius 3 is 2.56 bits per heavy atom. The SMILES string of the molecule is C=C(CSC)CSCC. The topological polar surface area (TPSA) is 0 Å². The molecule has 0 aromatic rings. The van der Waals surface area contributed by atoms with Crippen LogP contribution >= 0.6 is 23.5 Å². The van der Waals surface area contributed by atoms with Gasteiger partial charge in [-0.15, -0.1) is 0 Å². The average molecular weight is 162 g/mol. The van der Waals surface area contributed by atoms with Crippen LogP contribution in [0.5, 0.6) is 0 Å². The molecule has 0 spiro atoms. The second kappa shape index (κ2) is 6.56. The van der Waals surface area contributed by atoms with E-state index in [0.29, 0.717) is 0 Å². The lowest BCUT2D eigenvalue weighted by Crippen LogP contribution is -1.88. The van der Waals surface area contributed by atoms with Crippen LogP contribution in [-0.2, 0) is 0 Å². The van der Waals surface area contributed by atoms with Gasteiger partial charge in [-0.1, -0.05) is 19.1 Å². The van der Waals surface area contributed by atoms with E-state index >= 15 is 0 Å². The largest absolute Gasteiger partial charge is 0.161 e. The van der Waals surface area contributed by atoms with Crippen LogP contribution in [0.25, 0.3) is 0 Å². The first-order valence-electron chi connectivity index (χ1n) is 3.04. The Hall–Kier alpha value is 0.440. The third kappa shape index (κ3) is 6.32. The van der Waals surface area contributed by atoms with E-state index in [1.54, 1.807) is 0 Å². The summed E-state index contributed by atoms with van der Waals surface area (Å²) in [7, 11) is 0. The van der Waals surface area contributed by atoms with Crippen molar-refractivity contribution in [3.63, 3.8) is 0 Å². The smallest absolute Gasteiger partial charge is 0.0148 e. The van der Waals surface area contributed by atoms with Crippen molar-refractivity contribution in [3.8, 4) is 0 Å². The third-order valence-electron chi connectivity index (χ3n) is 0.859. The number of thioether (sulfide) groups is 2. The van der Waals surface area contributed by atoms with E-state index in [2.05, 4.69) is 19.8 Å². The summed E-state index contributed by atoms with van der Waals surface area (Å²) >= 11 is 3.79. The zero-order valence-corrected chi connectivity index (χ0v) is 7.78. The molecule has 0 nitrogen and oxygen atoms in total. The molecule has 0 bridgehead atoms. The van der Waals surface area contributed by atoms with E-state index in [1.807, 2.05) is 23.5 Å². The normalized spacial score (nSPS) is 9.56. The van der Waals surface area contributed by atoms with Gasteiger partial charge in [0.1, 0.15) is 0 Å². The molecule has 0 N–H and O–H groups in total. The lowest BCUT2D eigenvalue weighted by molar-refractivity contribution is 1.43. The minimum atomic E-state index is 1.12. The van der Waals surface area contributed by atoms with E-state index in [9.17, 15) is 0 Å². The Kier molecular flexibility index (Phi) is 6.88. The van der Waals surface area contributed by atoms with Gasteiger partial charge in [0.05, 0.1) is 0 Å². The van der Waals surface area contributed by atoms with Crippen LogP contribution in [0.2, 0.25) is 0 Å². The summed E-state index contributed by atoms with van der Waals surface area (Å²) in [5, 5.41) is 0. The highest BCUT2D eigenvalue weighted by Crippen LogP contribution is 2.09. The first kappa shape index (κ1) is 9.44. The summed E-state index contributed by atoms with van der Waals surface area (Å²) in [6.07, 6.45) is 2.11. The highest BCUT2D eigenvalue weighted by Gasteiger charge is 1.90. The molecule has 0 aliphatic carbocycles. The van der Waals surface area contributed by atoms with E-state index in [4.69, 9.17) is 0 Å². The molecule has 0 aromatic heterocycles. The van der Waals surface area contributed by atoms with Crippen molar-refractivity contribution in [1.82, 2.24) is 0 Å². The van der Waals surface area contributed by atoms with Gasteiger partial charge < -0.3 is 0 Å². The maximum absolute atomic E-state index is 3.94. The van der Waals surface area contributed by atoms with Crippen molar-refractivity contribution in [1.29, 1.82) is 0 Å². The molecule has 9 heavy (non-hydrogen) atoms. The van der Waals surface area contributed by atoms with Gasteiger partial charge in [0.2, 0.25) is 0 Å². The molecule has 0 atom stereocenters. The minimum absolute atomic E-state index is 1.12. The lowest BCUT2D eigenvalue weighted by Gasteiger charge is -1.99. The van der Waals surface area contributed by atoms with Crippen molar-refractivity contribution in [2.75, 3.05) is 23.5 Å². The Labute approximate surface area is 66.5 Å². The molecule has 0 rings (SSSR count). The highest BCUT2D eigenvalue weighted by atomic mass is 32.2. The van der Waals surface area contributed by atoms with Crippen molar-refractivity contribution < 1.29 is 0 Å². The molecular formula is C7H14S2. The molecule has 0 aromatic carbocycles. The summed E-state index contributed by atoms with van der Waals surface area (Å²) in [4.78, 5) is 0. The minimum Gasteiger partial charge on any atom is -0.161 e. The Bertz CT molecular complexity index is 79.0. The molecule has 54 valence electrons. The molecule has 0 aliphatic rings. The molecule has 0 heterocycles. The molecule has 0 saturated heterocycles. The fourth-order valence-electron chi connectivity index (χ4n) is 0.492. The van der Waals surface area contributed by atoms with Crippen LogP contribution in [0.15, 0.2) is 12.2 Å². The second-order valence-corrected chi connectivity index (χ2v) is 3.96. The fourth-order valence-corrected chi connectivity index (χ4v) is 1.73. The van der Waals surface area contributed by atoms with Gasteiger partial charge in [-0.3, -0.25) is 0 Å². The standard InChI is InChI=1S/C7H14S2/c1-4-9-6-7(2)5-8-3/h2,4-6H2,1,3H3. The molecular weight excluding hydrogens is 148 g/mol. The van der Waals surface area contributed by atoms with Crippen molar-refractivity contribution >= 4 is 23.5 Å². The predicted octanol–water partition coefficient (Wildman–Crippen LogP) is 2.66. The lowest BCUT2D eigenvalue weighted by atomic mass is 10.4. The first-order valence-corrected chi connectivity index (χ1v) is 5.59. The maximum Gasteiger partial charge on any atom is 0.0148 e. The molecule has 0 saturated carbocycles. The van der Waals surface area contributed by atoms with Crippen LogP contribution in [-0.4, -0.2) is 23.5 Å². The molecule has 2 heteroatoms. The second-order valence-electron chi connectivity index (χ2n) is 1.82. The summed E-state index contributed by atoms with van der Waals surface area (Å²) in [6.45, 7) is 6.12. The van der Waals surface area contributed by atoms with E-state index < -0.39 is 0 Å². The molecule has 0 radical (unpaired) electrons. The molecule has 0 aliphatic heterocycles. The summed E-state index contributed by atoms with van der Waals surface area (Å²) < 4.78 is 0. The summed E-state index contributed by atoms with van der Waals surface area (Å²) in [6, 6.07) is 0. The van der Waals surface area contributed by atoms with Crippen molar-refractivity contribution in [2.45, 2.75) is 6.92 Å². The zero-order chi connectivity index (χ0) is 7.11. The van der Waals surface area contributed by atoms with Crippen LogP contribution in [0.3, 0.4) is 0 Å². The number of hydrogen-bond donors (Lipinski definition) is 0. The van der Waals surface area contributed by atoms with Gasteiger partial charge in [0.15, 0.2) is 0 Å². The highest BCUT2D eigenvalue weighted by molar-refractivity contribution is 8.00. The predicted molar refractivity (Wildman–Crippen MR) is 50.5 cm³/mol. The van der Waals surface area contributed by atoms with Gasteiger partial charge in [-0.25, -0.2) is 0 Å². The number of hydrogen-bond acceptors (Lipinski definition) is 2. The Morgan fingerprint density at radius 1 is 1.44 bits per heavy atom. The fraction of sp³-hybridized carbons (Fsp3) is 0.714. The number of rotatable bonds is 5. The molecule has 0 amide bonds. The Morgan fingerprint density at radius 2 is 2.11 bits per heavy atom. The summed E-state index contributed by atoms with van der Waals surface area (Å²) in [5.41, 5.74) is 1.36. The molecule has 0 fully saturated rings. The monoisotopic (exact) mass is 162 g/mol. The quantitative estimate of drug-likeness (QED) is 0.570.